The average Bonchev–Trinajstić information content (AvgIpc) is 3.13. The van der Waals surface area contributed by atoms with E-state index in [4.69, 9.17) is 0 Å². The van der Waals surface area contributed by atoms with Crippen LogP contribution in [0.1, 0.15) is 62.3 Å². The molecule has 1 saturated heterocycles. The Morgan fingerprint density at radius 3 is 2.85 bits per heavy atom. The zero-order valence-electron chi connectivity index (χ0n) is 13.3. The third-order valence-electron chi connectivity index (χ3n) is 4.41. The highest BCUT2D eigenvalue weighted by atomic mass is 32.1. The number of rotatable bonds is 8. The molecule has 114 valence electrons. The van der Waals surface area contributed by atoms with E-state index in [1.165, 1.54) is 55.1 Å². The molecule has 0 aliphatic carbocycles. The van der Waals surface area contributed by atoms with E-state index in [2.05, 4.69) is 43.1 Å². The van der Waals surface area contributed by atoms with Crippen molar-refractivity contribution >= 4 is 11.3 Å². The van der Waals surface area contributed by atoms with Crippen LogP contribution in [0.25, 0.3) is 0 Å². The zero-order chi connectivity index (χ0) is 14.4. The van der Waals surface area contributed by atoms with Gasteiger partial charge in [0.25, 0.3) is 0 Å². The second-order valence-corrected chi connectivity index (χ2v) is 7.18. The van der Waals surface area contributed by atoms with Gasteiger partial charge >= 0.3 is 0 Å². The lowest BCUT2D eigenvalue weighted by Crippen LogP contribution is -2.39. The van der Waals surface area contributed by atoms with Crippen LogP contribution >= 0.6 is 11.3 Å². The first-order chi connectivity index (χ1) is 9.74. The van der Waals surface area contributed by atoms with Gasteiger partial charge in [-0.3, -0.25) is 4.90 Å². The summed E-state index contributed by atoms with van der Waals surface area (Å²) in [5.74, 6) is 0. The maximum absolute atomic E-state index is 3.65. The number of unbranched alkanes of at least 4 members (excludes halogenated alkanes) is 1. The minimum absolute atomic E-state index is 0.564. The summed E-state index contributed by atoms with van der Waals surface area (Å²) in [4.78, 5) is 5.75. The maximum Gasteiger partial charge on any atom is 0.0414 e. The van der Waals surface area contributed by atoms with Crippen LogP contribution in [0.2, 0.25) is 0 Å². The lowest BCUT2D eigenvalue weighted by molar-refractivity contribution is 0.192. The first-order valence-corrected chi connectivity index (χ1v) is 9.12. The standard InChI is InChI=1S/C17H30N2S/c1-4-6-12-19(13-15-8-7-11-18-15)14(3)17-10-9-16(5-2)20-17/h9-10,14-15,18H,4-8,11-13H2,1-3H3. The molecule has 1 N–H and O–H groups in total. The SMILES string of the molecule is CCCCN(CC1CCCN1)C(C)c1ccc(CC)s1. The lowest BCUT2D eigenvalue weighted by atomic mass is 10.1. The molecule has 3 heteroatoms. The van der Waals surface area contributed by atoms with Crippen molar-refractivity contribution in [3.8, 4) is 0 Å². The minimum Gasteiger partial charge on any atom is -0.313 e. The van der Waals surface area contributed by atoms with Crippen LogP contribution in [0, 0.1) is 0 Å². The van der Waals surface area contributed by atoms with Crippen molar-refractivity contribution < 1.29 is 0 Å². The second-order valence-electron chi connectivity index (χ2n) is 5.98. The molecule has 0 radical (unpaired) electrons. The Morgan fingerprint density at radius 1 is 1.40 bits per heavy atom. The van der Waals surface area contributed by atoms with Gasteiger partial charge in [0.15, 0.2) is 0 Å². The molecule has 2 rings (SSSR count). The van der Waals surface area contributed by atoms with Crippen LogP contribution in [0.15, 0.2) is 12.1 Å². The van der Waals surface area contributed by atoms with E-state index in [0.717, 1.165) is 6.42 Å². The molecule has 2 heterocycles. The van der Waals surface area contributed by atoms with Crippen molar-refractivity contribution in [2.24, 2.45) is 0 Å². The van der Waals surface area contributed by atoms with Crippen molar-refractivity contribution in [2.75, 3.05) is 19.6 Å². The normalized spacial score (nSPS) is 20.7. The third kappa shape index (κ3) is 4.31. The number of hydrogen-bond donors (Lipinski definition) is 1. The topological polar surface area (TPSA) is 15.3 Å². The molecule has 20 heavy (non-hydrogen) atoms. The Labute approximate surface area is 128 Å². The number of nitrogens with zero attached hydrogens (tertiary/aromatic N) is 1. The van der Waals surface area contributed by atoms with E-state index in [1.807, 2.05) is 11.3 Å². The van der Waals surface area contributed by atoms with Gasteiger partial charge in [0.05, 0.1) is 0 Å². The Hall–Kier alpha value is -0.380. The molecule has 0 amide bonds. The maximum atomic E-state index is 3.65. The van der Waals surface area contributed by atoms with Crippen molar-refractivity contribution in [3.63, 3.8) is 0 Å². The van der Waals surface area contributed by atoms with Gasteiger partial charge in [-0.2, -0.15) is 0 Å². The lowest BCUT2D eigenvalue weighted by Gasteiger charge is -2.31. The molecule has 1 aromatic rings. The Balaban J connectivity index is 1.99. The van der Waals surface area contributed by atoms with E-state index >= 15 is 0 Å². The molecule has 0 spiro atoms. The van der Waals surface area contributed by atoms with Gasteiger partial charge in [0, 0.05) is 28.4 Å². The quantitative estimate of drug-likeness (QED) is 0.772. The highest BCUT2D eigenvalue weighted by Crippen LogP contribution is 2.28. The molecule has 0 bridgehead atoms. The van der Waals surface area contributed by atoms with E-state index in [-0.39, 0.29) is 0 Å². The number of hydrogen-bond acceptors (Lipinski definition) is 3. The van der Waals surface area contributed by atoms with Gasteiger partial charge in [-0.25, -0.2) is 0 Å². The summed E-state index contributed by atoms with van der Waals surface area (Å²) in [6.45, 7) is 10.6. The summed E-state index contributed by atoms with van der Waals surface area (Å²) >= 11 is 2.00. The Bertz CT molecular complexity index is 382. The van der Waals surface area contributed by atoms with Gasteiger partial charge in [0.1, 0.15) is 0 Å². The monoisotopic (exact) mass is 294 g/mol. The summed E-state index contributed by atoms with van der Waals surface area (Å²) < 4.78 is 0. The van der Waals surface area contributed by atoms with Crippen LogP contribution in [-0.4, -0.2) is 30.6 Å². The molecule has 1 aliphatic heterocycles. The molecule has 0 saturated carbocycles. The van der Waals surface area contributed by atoms with Crippen LogP contribution in [0.5, 0.6) is 0 Å². The largest absolute Gasteiger partial charge is 0.313 e. The van der Waals surface area contributed by atoms with E-state index in [0.29, 0.717) is 12.1 Å². The van der Waals surface area contributed by atoms with Gasteiger partial charge < -0.3 is 5.32 Å². The molecule has 2 unspecified atom stereocenters. The van der Waals surface area contributed by atoms with E-state index in [9.17, 15) is 0 Å². The first kappa shape index (κ1) is 16.0. The second kappa shape index (κ2) is 8.16. The summed E-state index contributed by atoms with van der Waals surface area (Å²) in [6, 6.07) is 5.92. The van der Waals surface area contributed by atoms with Gasteiger partial charge in [-0.05, 0) is 57.8 Å². The predicted octanol–water partition coefficient (Wildman–Crippen LogP) is 4.23. The summed E-state index contributed by atoms with van der Waals surface area (Å²) in [5.41, 5.74) is 0. The van der Waals surface area contributed by atoms with Crippen molar-refractivity contribution in [1.82, 2.24) is 10.2 Å². The van der Waals surface area contributed by atoms with Gasteiger partial charge in [-0.15, -0.1) is 11.3 Å². The fourth-order valence-corrected chi connectivity index (χ4v) is 4.03. The zero-order valence-corrected chi connectivity index (χ0v) is 14.1. The van der Waals surface area contributed by atoms with Crippen molar-refractivity contribution in [2.45, 2.75) is 65.0 Å². The Kier molecular flexibility index (Phi) is 6.53. The average molecular weight is 295 g/mol. The van der Waals surface area contributed by atoms with Gasteiger partial charge in [0.2, 0.25) is 0 Å². The fraction of sp³-hybridized carbons (Fsp3) is 0.765. The molecule has 1 aromatic heterocycles. The van der Waals surface area contributed by atoms with Crippen LogP contribution in [0.4, 0.5) is 0 Å². The minimum atomic E-state index is 0.564. The molecule has 1 aliphatic rings. The molecule has 1 fully saturated rings. The van der Waals surface area contributed by atoms with E-state index < -0.39 is 0 Å². The Morgan fingerprint density at radius 2 is 2.25 bits per heavy atom. The third-order valence-corrected chi connectivity index (χ3v) is 5.81. The molecule has 0 aromatic carbocycles. The molecule has 2 atom stereocenters. The molecule has 2 nitrogen and oxygen atoms in total. The van der Waals surface area contributed by atoms with Crippen molar-refractivity contribution in [3.05, 3.63) is 21.9 Å². The molecular weight excluding hydrogens is 264 g/mol. The number of thiophene rings is 1. The van der Waals surface area contributed by atoms with Crippen molar-refractivity contribution in [1.29, 1.82) is 0 Å². The highest BCUT2D eigenvalue weighted by Gasteiger charge is 2.22. The van der Waals surface area contributed by atoms with Crippen LogP contribution in [-0.2, 0) is 6.42 Å². The predicted molar refractivity (Wildman–Crippen MR) is 89.6 cm³/mol. The fourth-order valence-electron chi connectivity index (χ4n) is 2.99. The van der Waals surface area contributed by atoms with Crippen LogP contribution < -0.4 is 5.32 Å². The highest BCUT2D eigenvalue weighted by molar-refractivity contribution is 7.12. The van der Waals surface area contributed by atoms with Crippen LogP contribution in [0.3, 0.4) is 0 Å². The summed E-state index contributed by atoms with van der Waals surface area (Å²) in [5, 5.41) is 3.65. The number of aryl methyl sites for hydroxylation is 1. The van der Waals surface area contributed by atoms with Gasteiger partial charge in [-0.1, -0.05) is 20.3 Å². The summed E-state index contributed by atoms with van der Waals surface area (Å²) in [6.07, 6.45) is 6.45. The smallest absolute Gasteiger partial charge is 0.0414 e. The molecular formula is C17H30N2S. The first-order valence-electron chi connectivity index (χ1n) is 8.30. The summed E-state index contributed by atoms with van der Waals surface area (Å²) in [7, 11) is 0. The number of nitrogens with one attached hydrogen (secondary N) is 1. The van der Waals surface area contributed by atoms with E-state index in [1.54, 1.807) is 0 Å².